The molecule has 4 aromatic rings. The zero-order chi connectivity index (χ0) is 15.6. The minimum absolute atomic E-state index is 0.190. The van der Waals surface area contributed by atoms with Crippen molar-refractivity contribution in [2.24, 2.45) is 0 Å². The van der Waals surface area contributed by atoms with Gasteiger partial charge in [0.1, 0.15) is 5.82 Å². The molecule has 4 rings (SSSR count). The smallest absolute Gasteiger partial charge is 0.127 e. The molecule has 0 aliphatic carbocycles. The number of aromatic nitrogens is 1. The predicted octanol–water partition coefficient (Wildman–Crippen LogP) is 5.56. The van der Waals surface area contributed by atoms with E-state index in [0.717, 1.165) is 16.7 Å². The van der Waals surface area contributed by atoms with E-state index in [1.165, 1.54) is 16.3 Å². The Morgan fingerprint density at radius 3 is 2.39 bits per heavy atom. The van der Waals surface area contributed by atoms with Crippen LogP contribution in [-0.2, 0) is 0 Å². The molecule has 0 spiro atoms. The Morgan fingerprint density at radius 2 is 1.48 bits per heavy atom. The number of hydrogen-bond acceptors (Lipinski definition) is 2. The summed E-state index contributed by atoms with van der Waals surface area (Å²) in [6.45, 7) is 2.18. The van der Waals surface area contributed by atoms with Crippen LogP contribution in [0, 0.1) is 0 Å². The quantitative estimate of drug-likeness (QED) is 0.535. The van der Waals surface area contributed by atoms with Gasteiger partial charge in [-0.25, -0.2) is 4.98 Å². The zero-order valence-corrected chi connectivity index (χ0v) is 13.0. The van der Waals surface area contributed by atoms with E-state index in [0.29, 0.717) is 0 Å². The maximum atomic E-state index is 4.71. The molecular formula is C21H18N2. The van der Waals surface area contributed by atoms with Crippen LogP contribution in [0.5, 0.6) is 0 Å². The van der Waals surface area contributed by atoms with Crippen molar-refractivity contribution >= 4 is 27.5 Å². The average molecular weight is 298 g/mol. The van der Waals surface area contributed by atoms with Gasteiger partial charge < -0.3 is 5.32 Å². The second-order valence-electron chi connectivity index (χ2n) is 5.82. The van der Waals surface area contributed by atoms with E-state index in [1.807, 2.05) is 24.3 Å². The van der Waals surface area contributed by atoms with Crippen LogP contribution < -0.4 is 5.32 Å². The first-order chi connectivity index (χ1) is 11.3. The summed E-state index contributed by atoms with van der Waals surface area (Å²) in [6.07, 6.45) is 0. The first kappa shape index (κ1) is 13.8. The molecule has 0 aliphatic rings. The number of pyridine rings is 1. The van der Waals surface area contributed by atoms with Gasteiger partial charge in [0.05, 0.1) is 11.6 Å². The van der Waals surface area contributed by atoms with E-state index in [9.17, 15) is 0 Å². The molecule has 2 nitrogen and oxygen atoms in total. The molecule has 3 aromatic carbocycles. The van der Waals surface area contributed by atoms with Crippen LogP contribution in [0.2, 0.25) is 0 Å². The number of hydrogen-bond donors (Lipinski definition) is 1. The Labute approximate surface area is 135 Å². The number of benzene rings is 3. The predicted molar refractivity (Wildman–Crippen MR) is 97.7 cm³/mol. The highest BCUT2D eigenvalue weighted by Gasteiger charge is 2.09. The zero-order valence-electron chi connectivity index (χ0n) is 13.0. The molecule has 0 radical (unpaired) electrons. The van der Waals surface area contributed by atoms with Crippen LogP contribution in [-0.4, -0.2) is 4.98 Å². The highest BCUT2D eigenvalue weighted by molar-refractivity contribution is 5.86. The van der Waals surface area contributed by atoms with Gasteiger partial charge in [-0.15, -0.1) is 0 Å². The molecule has 112 valence electrons. The molecule has 0 unspecified atom stereocenters. The van der Waals surface area contributed by atoms with Gasteiger partial charge in [-0.2, -0.15) is 0 Å². The summed E-state index contributed by atoms with van der Waals surface area (Å²) >= 11 is 0. The maximum absolute atomic E-state index is 4.71. The molecule has 1 aromatic heterocycles. The van der Waals surface area contributed by atoms with Crippen LogP contribution in [0.3, 0.4) is 0 Å². The van der Waals surface area contributed by atoms with Crippen molar-refractivity contribution in [1.82, 2.24) is 4.98 Å². The molecule has 0 aliphatic heterocycles. The minimum atomic E-state index is 0.190. The molecule has 0 fully saturated rings. The SMILES string of the molecule is C[C@H](Nc1ccc2ccccc2n1)c1cccc2ccccc12. The van der Waals surface area contributed by atoms with Gasteiger partial charge in [0, 0.05) is 5.39 Å². The maximum Gasteiger partial charge on any atom is 0.127 e. The van der Waals surface area contributed by atoms with Gasteiger partial charge >= 0.3 is 0 Å². The van der Waals surface area contributed by atoms with Crippen LogP contribution >= 0.6 is 0 Å². The second-order valence-corrected chi connectivity index (χ2v) is 5.82. The van der Waals surface area contributed by atoms with E-state index in [4.69, 9.17) is 4.98 Å². The number of fused-ring (bicyclic) bond motifs is 2. The summed E-state index contributed by atoms with van der Waals surface area (Å²) in [7, 11) is 0. The van der Waals surface area contributed by atoms with Crippen molar-refractivity contribution < 1.29 is 0 Å². The van der Waals surface area contributed by atoms with Gasteiger partial charge in [-0.1, -0.05) is 60.7 Å². The average Bonchev–Trinajstić information content (AvgIpc) is 2.61. The van der Waals surface area contributed by atoms with Crippen molar-refractivity contribution in [1.29, 1.82) is 0 Å². The lowest BCUT2D eigenvalue weighted by atomic mass is 10.00. The molecule has 1 heterocycles. The van der Waals surface area contributed by atoms with Crippen LogP contribution in [0.1, 0.15) is 18.5 Å². The van der Waals surface area contributed by atoms with Gasteiger partial charge in [0.15, 0.2) is 0 Å². The van der Waals surface area contributed by atoms with Gasteiger partial charge in [-0.3, -0.25) is 0 Å². The van der Waals surface area contributed by atoms with E-state index in [2.05, 4.69) is 66.8 Å². The molecule has 1 atom stereocenters. The Hall–Kier alpha value is -2.87. The van der Waals surface area contributed by atoms with E-state index >= 15 is 0 Å². The summed E-state index contributed by atoms with van der Waals surface area (Å²) in [5, 5.41) is 7.25. The summed E-state index contributed by atoms with van der Waals surface area (Å²) in [5.74, 6) is 0.907. The third-order valence-electron chi connectivity index (χ3n) is 4.25. The van der Waals surface area contributed by atoms with E-state index in [-0.39, 0.29) is 6.04 Å². The third kappa shape index (κ3) is 2.64. The standard InChI is InChI=1S/C21H18N2/c1-15(18-11-6-9-16-7-2-4-10-19(16)18)22-21-14-13-17-8-3-5-12-20(17)23-21/h2-15H,1H3,(H,22,23)/t15-/m0/s1. The summed E-state index contributed by atoms with van der Waals surface area (Å²) in [4.78, 5) is 4.71. The highest BCUT2D eigenvalue weighted by Crippen LogP contribution is 2.26. The van der Waals surface area contributed by atoms with Crippen LogP contribution in [0.4, 0.5) is 5.82 Å². The van der Waals surface area contributed by atoms with Crippen molar-refractivity contribution in [3.8, 4) is 0 Å². The third-order valence-corrected chi connectivity index (χ3v) is 4.25. The van der Waals surface area contributed by atoms with Crippen molar-refractivity contribution in [3.63, 3.8) is 0 Å². The normalized spacial score (nSPS) is 12.4. The molecule has 1 N–H and O–H groups in total. The number of rotatable bonds is 3. The largest absolute Gasteiger partial charge is 0.364 e. The Morgan fingerprint density at radius 1 is 0.739 bits per heavy atom. The summed E-state index contributed by atoms with van der Waals surface area (Å²) in [5.41, 5.74) is 2.31. The van der Waals surface area contributed by atoms with Crippen LogP contribution in [0.15, 0.2) is 78.9 Å². The Bertz CT molecular complexity index is 970. The van der Waals surface area contributed by atoms with E-state index in [1.54, 1.807) is 0 Å². The molecule has 23 heavy (non-hydrogen) atoms. The molecule has 0 amide bonds. The van der Waals surface area contributed by atoms with Crippen molar-refractivity contribution in [2.45, 2.75) is 13.0 Å². The summed E-state index contributed by atoms with van der Waals surface area (Å²) < 4.78 is 0. The number of para-hydroxylation sites is 1. The molecule has 0 bridgehead atoms. The number of nitrogens with one attached hydrogen (secondary N) is 1. The van der Waals surface area contributed by atoms with Crippen molar-refractivity contribution in [3.05, 3.63) is 84.4 Å². The molecule has 0 saturated heterocycles. The highest BCUT2D eigenvalue weighted by atomic mass is 15.0. The Kier molecular flexibility index (Phi) is 3.43. The first-order valence-electron chi connectivity index (χ1n) is 7.91. The minimum Gasteiger partial charge on any atom is -0.364 e. The lowest BCUT2D eigenvalue weighted by Crippen LogP contribution is -2.08. The van der Waals surface area contributed by atoms with Gasteiger partial charge in [-0.05, 0) is 41.5 Å². The fraction of sp³-hybridized carbons (Fsp3) is 0.0952. The number of nitrogens with zero attached hydrogens (tertiary/aromatic N) is 1. The topological polar surface area (TPSA) is 24.9 Å². The lowest BCUT2D eigenvalue weighted by molar-refractivity contribution is 0.886. The number of anilines is 1. The summed E-state index contributed by atoms with van der Waals surface area (Å²) in [6, 6.07) is 27.5. The van der Waals surface area contributed by atoms with Crippen LogP contribution in [0.25, 0.3) is 21.7 Å². The second kappa shape index (κ2) is 5.73. The molecular weight excluding hydrogens is 280 g/mol. The van der Waals surface area contributed by atoms with Gasteiger partial charge in [0.2, 0.25) is 0 Å². The lowest BCUT2D eigenvalue weighted by Gasteiger charge is -2.17. The molecule has 0 saturated carbocycles. The van der Waals surface area contributed by atoms with Gasteiger partial charge in [0.25, 0.3) is 0 Å². The van der Waals surface area contributed by atoms with Crippen molar-refractivity contribution in [2.75, 3.05) is 5.32 Å². The monoisotopic (exact) mass is 298 g/mol. The van der Waals surface area contributed by atoms with E-state index < -0.39 is 0 Å². The first-order valence-corrected chi connectivity index (χ1v) is 7.91. The Balaban J connectivity index is 1.69. The fourth-order valence-corrected chi connectivity index (χ4v) is 3.07. The fourth-order valence-electron chi connectivity index (χ4n) is 3.07. The molecule has 2 heteroatoms.